The van der Waals surface area contributed by atoms with E-state index in [1.54, 1.807) is 13.8 Å². The van der Waals surface area contributed by atoms with Gasteiger partial charge in [0.25, 0.3) is 0 Å². The van der Waals surface area contributed by atoms with E-state index in [0.717, 1.165) is 38.5 Å². The Bertz CT molecular complexity index is 1230. The molecule has 42 heavy (non-hydrogen) atoms. The minimum absolute atomic E-state index is 0.0113. The number of ether oxygens (including phenoxy) is 2. The van der Waals surface area contributed by atoms with Gasteiger partial charge >= 0.3 is 11.9 Å². The van der Waals surface area contributed by atoms with Crippen LogP contribution in [-0.4, -0.2) is 63.5 Å². The first-order valence-corrected chi connectivity index (χ1v) is 16.2. The van der Waals surface area contributed by atoms with Crippen molar-refractivity contribution in [3.8, 4) is 0 Å². The van der Waals surface area contributed by atoms with Crippen LogP contribution >= 0.6 is 23.2 Å². The molecule has 0 spiro atoms. The summed E-state index contributed by atoms with van der Waals surface area (Å²) in [7, 11) is 0. The van der Waals surface area contributed by atoms with Crippen molar-refractivity contribution in [2.45, 2.75) is 95.4 Å². The Hall–Kier alpha value is -2.03. The normalized spacial score (nSPS) is 42.3. The largest absolute Gasteiger partial charge is 0.457 e. The van der Waals surface area contributed by atoms with Gasteiger partial charge in [0.2, 0.25) is 0 Å². The highest BCUT2D eigenvalue weighted by Gasteiger charge is 2.80. The summed E-state index contributed by atoms with van der Waals surface area (Å²) >= 11 is 11.6. The minimum atomic E-state index is -1.27. The van der Waals surface area contributed by atoms with Crippen molar-refractivity contribution in [1.82, 2.24) is 0 Å². The first-order chi connectivity index (χ1) is 19.9. The Morgan fingerprint density at radius 3 is 1.98 bits per heavy atom. The third kappa shape index (κ3) is 4.29. The van der Waals surface area contributed by atoms with Crippen LogP contribution in [0, 0.1) is 34.5 Å². The molecule has 8 nitrogen and oxygen atoms in total. The molecule has 9 atom stereocenters. The average Bonchev–Trinajstić information content (AvgIpc) is 3.27. The highest BCUT2D eigenvalue weighted by atomic mass is 35.5. The van der Waals surface area contributed by atoms with Crippen LogP contribution in [0.25, 0.3) is 0 Å². The first kappa shape index (κ1) is 31.4. The van der Waals surface area contributed by atoms with Gasteiger partial charge in [-0.05, 0) is 65.2 Å². The van der Waals surface area contributed by atoms with Crippen molar-refractivity contribution in [3.63, 3.8) is 0 Å². The van der Waals surface area contributed by atoms with Gasteiger partial charge in [0, 0.05) is 36.4 Å². The molecule has 0 aromatic rings. The molecular formula is C32H40Cl2O8. The summed E-state index contributed by atoms with van der Waals surface area (Å²) in [4.78, 5) is 62.0. The number of hydrogen-bond acceptors (Lipinski definition) is 8. The van der Waals surface area contributed by atoms with Crippen LogP contribution in [0.1, 0.15) is 78.1 Å². The monoisotopic (exact) mass is 622 g/mol. The molecule has 2 saturated heterocycles. The fourth-order valence-corrected chi connectivity index (χ4v) is 8.99. The molecule has 4 aliphatic carbocycles. The fraction of sp³-hybridized carbons (Fsp3) is 0.719. The zero-order valence-corrected chi connectivity index (χ0v) is 25.8. The zero-order valence-electron chi connectivity index (χ0n) is 24.2. The molecule has 0 amide bonds. The number of fused-ring (bicyclic) bond motifs is 2. The molecule has 6 aliphatic rings. The summed E-state index contributed by atoms with van der Waals surface area (Å²) in [6, 6.07) is 0. The molecular weight excluding hydrogens is 583 g/mol. The van der Waals surface area contributed by atoms with Crippen molar-refractivity contribution in [3.05, 3.63) is 24.3 Å². The second-order valence-electron chi connectivity index (χ2n) is 13.0. The number of halogens is 2. The second kappa shape index (κ2) is 11.5. The molecule has 0 aromatic heterocycles. The van der Waals surface area contributed by atoms with Crippen molar-refractivity contribution in [2.24, 2.45) is 34.5 Å². The number of aliphatic hydroxyl groups is 1. The summed E-state index contributed by atoms with van der Waals surface area (Å²) in [6.07, 6.45) is 13.5. The van der Waals surface area contributed by atoms with Gasteiger partial charge in [0.05, 0.1) is 17.9 Å². The van der Waals surface area contributed by atoms with Gasteiger partial charge in [-0.15, -0.1) is 23.2 Å². The first-order valence-electron chi connectivity index (χ1n) is 15.1. The maximum atomic E-state index is 13.0. The van der Waals surface area contributed by atoms with E-state index >= 15 is 0 Å². The van der Waals surface area contributed by atoms with Gasteiger partial charge in [-0.2, -0.15) is 0 Å². The summed E-state index contributed by atoms with van der Waals surface area (Å²) in [5, 5.41) is 10.9. The molecule has 2 aliphatic heterocycles. The predicted octanol–water partition coefficient (Wildman–Crippen LogP) is 4.66. The van der Waals surface area contributed by atoms with E-state index < -0.39 is 51.9 Å². The van der Waals surface area contributed by atoms with E-state index in [0.29, 0.717) is 24.6 Å². The highest BCUT2D eigenvalue weighted by Crippen LogP contribution is 2.63. The van der Waals surface area contributed by atoms with Gasteiger partial charge in [-0.3, -0.25) is 24.0 Å². The van der Waals surface area contributed by atoms with Crippen LogP contribution in [0.4, 0.5) is 0 Å². The molecule has 0 aromatic carbocycles. The van der Waals surface area contributed by atoms with Crippen LogP contribution in [0.3, 0.4) is 0 Å². The number of aliphatic hydroxyl groups excluding tert-OH is 1. The van der Waals surface area contributed by atoms with E-state index in [2.05, 4.69) is 0 Å². The average molecular weight is 624 g/mol. The van der Waals surface area contributed by atoms with Crippen molar-refractivity contribution in [2.75, 3.05) is 11.8 Å². The molecule has 230 valence electrons. The lowest BCUT2D eigenvalue weighted by Crippen LogP contribution is -2.70. The Kier molecular flexibility index (Phi) is 8.58. The van der Waals surface area contributed by atoms with E-state index in [1.165, 1.54) is 0 Å². The number of allylic oxidation sites excluding steroid dienone is 3. The topological polar surface area (TPSA) is 124 Å². The smallest absolute Gasteiger partial charge is 0.324 e. The van der Waals surface area contributed by atoms with Gasteiger partial charge in [-0.1, -0.05) is 24.3 Å². The van der Waals surface area contributed by atoms with E-state index in [9.17, 15) is 29.1 Å². The standard InChI is InChI=1S/C16H21ClO4.C16H19ClO4/c2*1-15-11(7-8-17)12(18)9-16(15,14(20)21-15)13(19)10-5-3-2-4-6-10/h3,5,10-11,13,19H,2,4,6-9H2,1H3;3,5,10-11H,2,4,6-9H2,1H3/t10-,11+,13-,15+,16-;10-,11+,15+,16-/m11/s1. The van der Waals surface area contributed by atoms with Crippen molar-refractivity contribution >= 4 is 52.5 Å². The highest BCUT2D eigenvalue weighted by molar-refractivity contribution is 6.19. The third-order valence-corrected chi connectivity index (χ3v) is 11.5. The lowest BCUT2D eigenvalue weighted by atomic mass is 9.60. The van der Waals surface area contributed by atoms with E-state index in [1.807, 2.05) is 24.3 Å². The number of alkyl halides is 2. The molecule has 1 N–H and O–H groups in total. The van der Waals surface area contributed by atoms with Crippen LogP contribution in [0.15, 0.2) is 24.3 Å². The summed E-state index contributed by atoms with van der Waals surface area (Å²) in [5.41, 5.74) is -4.25. The number of Topliss-reactive ketones (excluding diaryl/α,β-unsaturated/α-hetero) is 3. The summed E-state index contributed by atoms with van der Waals surface area (Å²) in [5.74, 6) is -1.71. The number of hydrogen-bond donors (Lipinski definition) is 1. The SMILES string of the molecule is C[C@@]12OC(=O)[C@]1(C(=O)[C@@H]1C=CCCC1)CC(=O)[C@@H]2CCCl.C[C@@]12OC(=O)[C@]1([C@H](O)[C@@H]1C=CCCC1)CC(=O)[C@@H]2CCCl. The van der Waals surface area contributed by atoms with Crippen LogP contribution < -0.4 is 0 Å². The second-order valence-corrected chi connectivity index (χ2v) is 13.8. The molecule has 2 saturated carbocycles. The number of esters is 2. The maximum absolute atomic E-state index is 13.0. The van der Waals surface area contributed by atoms with Crippen LogP contribution in [0.2, 0.25) is 0 Å². The molecule has 0 radical (unpaired) electrons. The lowest BCUT2D eigenvalue weighted by Gasteiger charge is -2.55. The third-order valence-electron chi connectivity index (χ3n) is 11.1. The van der Waals surface area contributed by atoms with Crippen molar-refractivity contribution < 1.29 is 38.6 Å². The molecule has 4 fully saturated rings. The number of carbonyl (C=O) groups is 5. The van der Waals surface area contributed by atoms with E-state index in [4.69, 9.17) is 32.7 Å². The van der Waals surface area contributed by atoms with Gasteiger partial charge < -0.3 is 14.6 Å². The minimum Gasteiger partial charge on any atom is -0.457 e. The Balaban J connectivity index is 0.000000168. The van der Waals surface area contributed by atoms with Gasteiger partial charge in [0.15, 0.2) is 11.2 Å². The predicted molar refractivity (Wildman–Crippen MR) is 155 cm³/mol. The quantitative estimate of drug-likeness (QED) is 0.179. The Morgan fingerprint density at radius 1 is 0.881 bits per heavy atom. The van der Waals surface area contributed by atoms with Crippen LogP contribution in [-0.2, 0) is 33.4 Å². The van der Waals surface area contributed by atoms with Crippen LogP contribution in [0.5, 0.6) is 0 Å². The van der Waals surface area contributed by atoms with Gasteiger partial charge in [-0.25, -0.2) is 0 Å². The molecule has 2 heterocycles. The van der Waals surface area contributed by atoms with Gasteiger partial charge in [0.1, 0.15) is 28.2 Å². The van der Waals surface area contributed by atoms with Crippen molar-refractivity contribution in [1.29, 1.82) is 0 Å². The lowest BCUT2D eigenvalue weighted by molar-refractivity contribution is -0.262. The fourth-order valence-electron chi connectivity index (χ4n) is 8.55. The molecule has 0 bridgehead atoms. The molecule has 0 unspecified atom stereocenters. The number of rotatable bonds is 8. The Morgan fingerprint density at radius 2 is 1.45 bits per heavy atom. The molecule has 6 rings (SSSR count). The van der Waals surface area contributed by atoms with E-state index in [-0.39, 0.29) is 42.0 Å². The zero-order chi connectivity index (χ0) is 30.5. The summed E-state index contributed by atoms with van der Waals surface area (Å²) < 4.78 is 10.7. The Labute approximate surface area is 256 Å². The number of carbonyl (C=O) groups excluding carboxylic acids is 5. The molecule has 10 heteroatoms. The summed E-state index contributed by atoms with van der Waals surface area (Å²) in [6.45, 7) is 3.51. The maximum Gasteiger partial charge on any atom is 0.324 e. The number of ketones is 3.